The van der Waals surface area contributed by atoms with Gasteiger partial charge in [-0.3, -0.25) is 4.79 Å². The summed E-state index contributed by atoms with van der Waals surface area (Å²) in [6.07, 6.45) is 0. The predicted molar refractivity (Wildman–Crippen MR) is 118 cm³/mol. The van der Waals surface area contributed by atoms with Crippen LogP contribution < -0.4 is 10.2 Å². The van der Waals surface area contributed by atoms with Crippen LogP contribution in [0.3, 0.4) is 0 Å². The van der Waals surface area contributed by atoms with Gasteiger partial charge in [0.25, 0.3) is 0 Å². The first kappa shape index (κ1) is 20.9. The van der Waals surface area contributed by atoms with Gasteiger partial charge in [-0.15, -0.1) is 0 Å². The Labute approximate surface area is 181 Å². The number of fused-ring (bicyclic) bond motifs is 1. The smallest absolute Gasteiger partial charge is 0.427 e. The van der Waals surface area contributed by atoms with Crippen LogP contribution >= 0.6 is 11.6 Å². The number of benzene rings is 2. The predicted octanol–water partition coefficient (Wildman–Crippen LogP) is 4.21. The van der Waals surface area contributed by atoms with E-state index in [1.807, 2.05) is 58.9 Å². The fourth-order valence-corrected chi connectivity index (χ4v) is 3.73. The molecule has 0 saturated carbocycles. The molecule has 3 aromatic rings. The monoisotopic (exact) mass is 426 g/mol. The van der Waals surface area contributed by atoms with Crippen molar-refractivity contribution in [3.05, 3.63) is 47.1 Å². The zero-order valence-corrected chi connectivity index (χ0v) is 18.7. The molecular formula is C22H24BClN2O4. The molecular weight excluding hydrogens is 403 g/mol. The second-order valence-corrected chi connectivity index (χ2v) is 8.97. The third-order valence-electron chi connectivity index (χ3n) is 5.82. The Kier molecular flexibility index (Phi) is 4.96. The van der Waals surface area contributed by atoms with Gasteiger partial charge in [-0.25, -0.2) is 4.68 Å². The van der Waals surface area contributed by atoms with E-state index in [0.717, 1.165) is 27.6 Å². The van der Waals surface area contributed by atoms with Crippen LogP contribution in [-0.2, 0) is 14.1 Å². The van der Waals surface area contributed by atoms with Crippen LogP contribution in [0.2, 0.25) is 5.15 Å². The van der Waals surface area contributed by atoms with Crippen molar-refractivity contribution < 1.29 is 18.8 Å². The Morgan fingerprint density at radius 1 is 1.10 bits per heavy atom. The van der Waals surface area contributed by atoms with E-state index in [4.69, 9.17) is 25.6 Å². The van der Waals surface area contributed by atoms with Crippen molar-refractivity contribution in [2.45, 2.75) is 52.7 Å². The van der Waals surface area contributed by atoms with Gasteiger partial charge in [0.1, 0.15) is 10.9 Å². The topological polar surface area (TPSA) is 62.6 Å². The SMILES string of the molecule is CC(=O)Oc1ccc(-n2nc3ccc(B4OC(C)(C)C(C)(C)O4)cc3c2Cl)c(C)c1. The first-order valence-electron chi connectivity index (χ1n) is 9.82. The third-order valence-corrected chi connectivity index (χ3v) is 6.18. The molecule has 1 aliphatic heterocycles. The van der Waals surface area contributed by atoms with Crippen molar-refractivity contribution >= 4 is 41.1 Å². The summed E-state index contributed by atoms with van der Waals surface area (Å²) in [5.74, 6) is 0.125. The summed E-state index contributed by atoms with van der Waals surface area (Å²) in [4.78, 5) is 11.2. The Balaban J connectivity index is 1.71. The Bertz CT molecular complexity index is 1140. The van der Waals surface area contributed by atoms with E-state index >= 15 is 0 Å². The van der Waals surface area contributed by atoms with Crippen LogP contribution in [0.25, 0.3) is 16.6 Å². The van der Waals surface area contributed by atoms with Gasteiger partial charge in [0.2, 0.25) is 0 Å². The highest BCUT2D eigenvalue weighted by Crippen LogP contribution is 2.37. The summed E-state index contributed by atoms with van der Waals surface area (Å²) in [5.41, 5.74) is 2.52. The lowest BCUT2D eigenvalue weighted by molar-refractivity contribution is -0.131. The van der Waals surface area contributed by atoms with Crippen LogP contribution in [0.1, 0.15) is 40.2 Å². The van der Waals surface area contributed by atoms with E-state index in [0.29, 0.717) is 10.9 Å². The lowest BCUT2D eigenvalue weighted by Gasteiger charge is -2.32. The van der Waals surface area contributed by atoms with E-state index in [9.17, 15) is 4.79 Å². The van der Waals surface area contributed by atoms with Gasteiger partial charge in [-0.2, -0.15) is 5.10 Å². The number of halogens is 1. The number of carbonyl (C=O) groups excluding carboxylic acids is 1. The number of hydrogen-bond donors (Lipinski definition) is 0. The molecule has 2 heterocycles. The van der Waals surface area contributed by atoms with E-state index in [2.05, 4.69) is 5.10 Å². The lowest BCUT2D eigenvalue weighted by atomic mass is 9.79. The van der Waals surface area contributed by atoms with Crippen LogP contribution in [-0.4, -0.2) is 34.1 Å². The molecule has 0 spiro atoms. The van der Waals surface area contributed by atoms with Crippen LogP contribution in [0.4, 0.5) is 0 Å². The van der Waals surface area contributed by atoms with Crippen molar-refractivity contribution in [2.24, 2.45) is 0 Å². The van der Waals surface area contributed by atoms with Crippen molar-refractivity contribution in [3.8, 4) is 11.4 Å². The molecule has 0 atom stereocenters. The molecule has 0 amide bonds. The molecule has 0 aliphatic carbocycles. The van der Waals surface area contributed by atoms with Gasteiger partial charge in [0.15, 0.2) is 0 Å². The highest BCUT2D eigenvalue weighted by molar-refractivity contribution is 6.62. The molecule has 0 radical (unpaired) electrons. The largest absolute Gasteiger partial charge is 0.494 e. The number of ether oxygens (including phenoxy) is 1. The van der Waals surface area contributed by atoms with Crippen LogP contribution in [0.15, 0.2) is 36.4 Å². The maximum absolute atomic E-state index is 11.2. The zero-order chi connectivity index (χ0) is 21.8. The number of rotatable bonds is 3. The zero-order valence-electron chi connectivity index (χ0n) is 17.9. The Morgan fingerprint density at radius 2 is 1.77 bits per heavy atom. The van der Waals surface area contributed by atoms with Gasteiger partial charge in [0, 0.05) is 12.3 Å². The fourth-order valence-electron chi connectivity index (χ4n) is 3.45. The number of aryl methyl sites for hydroxylation is 1. The molecule has 1 saturated heterocycles. The van der Waals surface area contributed by atoms with Crippen molar-refractivity contribution in [1.82, 2.24) is 9.78 Å². The molecule has 2 aromatic carbocycles. The normalized spacial score (nSPS) is 17.5. The van der Waals surface area contributed by atoms with Crippen molar-refractivity contribution in [3.63, 3.8) is 0 Å². The quantitative estimate of drug-likeness (QED) is 0.357. The van der Waals surface area contributed by atoms with Gasteiger partial charge in [0.05, 0.1) is 22.4 Å². The third kappa shape index (κ3) is 3.51. The first-order valence-corrected chi connectivity index (χ1v) is 10.2. The van der Waals surface area contributed by atoms with Gasteiger partial charge >= 0.3 is 13.1 Å². The van der Waals surface area contributed by atoms with Crippen LogP contribution in [0.5, 0.6) is 5.75 Å². The maximum atomic E-state index is 11.2. The lowest BCUT2D eigenvalue weighted by Crippen LogP contribution is -2.41. The summed E-state index contributed by atoms with van der Waals surface area (Å²) < 4.78 is 19.2. The molecule has 156 valence electrons. The minimum absolute atomic E-state index is 0.361. The number of hydrogen-bond acceptors (Lipinski definition) is 5. The van der Waals surface area contributed by atoms with E-state index in [1.165, 1.54) is 6.92 Å². The molecule has 6 nitrogen and oxygen atoms in total. The molecule has 1 fully saturated rings. The van der Waals surface area contributed by atoms with Gasteiger partial charge < -0.3 is 14.0 Å². The summed E-state index contributed by atoms with van der Waals surface area (Å²) in [7, 11) is -0.469. The minimum atomic E-state index is -0.469. The molecule has 1 aromatic heterocycles. The maximum Gasteiger partial charge on any atom is 0.494 e. The number of carbonyl (C=O) groups is 1. The summed E-state index contributed by atoms with van der Waals surface area (Å²) in [5, 5.41) is 5.96. The Morgan fingerprint density at radius 3 is 2.37 bits per heavy atom. The first-order chi connectivity index (χ1) is 14.0. The molecule has 4 rings (SSSR count). The highest BCUT2D eigenvalue weighted by Gasteiger charge is 2.51. The number of aromatic nitrogens is 2. The van der Waals surface area contributed by atoms with E-state index in [1.54, 1.807) is 16.8 Å². The fraction of sp³-hybridized carbons (Fsp3) is 0.364. The molecule has 8 heteroatoms. The van der Waals surface area contributed by atoms with Crippen molar-refractivity contribution in [2.75, 3.05) is 0 Å². The molecule has 0 bridgehead atoms. The summed E-state index contributed by atoms with van der Waals surface area (Å²) in [6, 6.07) is 11.2. The second kappa shape index (κ2) is 7.12. The molecule has 1 aliphatic rings. The summed E-state index contributed by atoms with van der Waals surface area (Å²) in [6.45, 7) is 11.4. The average molecular weight is 427 g/mol. The van der Waals surface area contributed by atoms with Gasteiger partial charge in [-0.05, 0) is 76.0 Å². The molecule has 0 unspecified atom stereocenters. The minimum Gasteiger partial charge on any atom is -0.427 e. The molecule has 0 N–H and O–H groups in total. The Hall–Kier alpha value is -2.35. The second-order valence-electron chi connectivity index (χ2n) is 8.61. The standard InChI is InChI=1S/C22H24BClN2O4/c1-13-11-16(28-14(2)27)8-10-19(13)26-20(24)17-12-15(7-9-18(17)25-26)23-29-21(3,4)22(5,6)30-23/h7-12H,1-6H3. The average Bonchev–Trinajstić information content (AvgIpc) is 3.07. The van der Waals surface area contributed by atoms with E-state index in [-0.39, 0.29) is 5.97 Å². The molecule has 30 heavy (non-hydrogen) atoms. The van der Waals surface area contributed by atoms with Crippen molar-refractivity contribution in [1.29, 1.82) is 0 Å². The highest BCUT2D eigenvalue weighted by atomic mass is 35.5. The summed E-state index contributed by atoms with van der Waals surface area (Å²) >= 11 is 6.71. The number of esters is 1. The number of nitrogens with zero attached hydrogens (tertiary/aromatic N) is 2. The van der Waals surface area contributed by atoms with E-state index < -0.39 is 18.3 Å². The van der Waals surface area contributed by atoms with Crippen LogP contribution in [0, 0.1) is 6.92 Å². The van der Waals surface area contributed by atoms with Gasteiger partial charge in [-0.1, -0.05) is 17.7 Å².